The Balaban J connectivity index is 1.47. The van der Waals surface area contributed by atoms with Crippen molar-refractivity contribution in [3.05, 3.63) is 70.1 Å². The first-order chi connectivity index (χ1) is 13.5. The fourth-order valence-electron chi connectivity index (χ4n) is 3.05. The van der Waals surface area contributed by atoms with E-state index in [1.54, 1.807) is 10.5 Å². The molecule has 0 unspecified atom stereocenters. The number of pyridine rings is 1. The summed E-state index contributed by atoms with van der Waals surface area (Å²) in [6.45, 7) is 4.59. The number of aromatic nitrogens is 2. The van der Waals surface area contributed by atoms with Crippen LogP contribution in [0.2, 0.25) is 5.02 Å². The van der Waals surface area contributed by atoms with Crippen LogP contribution in [0.15, 0.2) is 42.6 Å². The molecule has 0 bridgehead atoms. The first-order valence-corrected chi connectivity index (χ1v) is 9.57. The summed E-state index contributed by atoms with van der Waals surface area (Å²) >= 11 is 6.08. The molecule has 0 saturated carbocycles. The van der Waals surface area contributed by atoms with Crippen LogP contribution in [0.1, 0.15) is 40.2 Å². The molecule has 0 aliphatic carbocycles. The number of nitrogens with zero attached hydrogens (tertiary/aromatic N) is 2. The van der Waals surface area contributed by atoms with Crippen molar-refractivity contribution in [2.75, 3.05) is 6.54 Å². The van der Waals surface area contributed by atoms with E-state index < -0.39 is 0 Å². The molecule has 0 aliphatic rings. The predicted octanol–water partition coefficient (Wildman–Crippen LogP) is 3.43. The third-order valence-corrected chi connectivity index (χ3v) is 4.90. The average Bonchev–Trinajstić information content (AvgIpc) is 3.02. The monoisotopic (exact) mass is 398 g/mol. The minimum Gasteiger partial charge on any atom is -0.352 e. The molecule has 0 atom stereocenters. The number of hydrogen-bond acceptors (Lipinski definition) is 3. The van der Waals surface area contributed by atoms with Crippen molar-refractivity contribution in [2.45, 2.75) is 33.2 Å². The number of nitrogens with one attached hydrogen (secondary N) is 2. The second kappa shape index (κ2) is 8.89. The maximum absolute atomic E-state index is 12.6. The Labute approximate surface area is 168 Å². The van der Waals surface area contributed by atoms with E-state index in [4.69, 9.17) is 11.6 Å². The van der Waals surface area contributed by atoms with E-state index in [9.17, 15) is 9.59 Å². The van der Waals surface area contributed by atoms with Gasteiger partial charge in [0.2, 0.25) is 5.91 Å². The highest BCUT2D eigenvalue weighted by Crippen LogP contribution is 2.15. The molecule has 0 fully saturated rings. The van der Waals surface area contributed by atoms with Crippen LogP contribution in [-0.2, 0) is 11.3 Å². The van der Waals surface area contributed by atoms with E-state index in [0.29, 0.717) is 42.3 Å². The zero-order valence-electron chi connectivity index (χ0n) is 16.0. The zero-order chi connectivity index (χ0) is 20.1. The van der Waals surface area contributed by atoms with Gasteiger partial charge in [-0.1, -0.05) is 35.9 Å². The number of amides is 2. The number of carbonyl (C=O) groups is 2. The molecule has 6 nitrogen and oxygen atoms in total. The summed E-state index contributed by atoms with van der Waals surface area (Å²) in [6, 6.07) is 11.3. The summed E-state index contributed by atoms with van der Waals surface area (Å²) < 4.78 is 1.80. The first-order valence-electron chi connectivity index (χ1n) is 9.20. The molecule has 2 N–H and O–H groups in total. The lowest BCUT2D eigenvalue weighted by molar-refractivity contribution is -0.121. The summed E-state index contributed by atoms with van der Waals surface area (Å²) in [4.78, 5) is 29.0. The topological polar surface area (TPSA) is 75.5 Å². The normalized spacial score (nSPS) is 10.8. The van der Waals surface area contributed by atoms with Gasteiger partial charge in [0.15, 0.2) is 0 Å². The van der Waals surface area contributed by atoms with Gasteiger partial charge in [0.25, 0.3) is 5.91 Å². The van der Waals surface area contributed by atoms with Gasteiger partial charge in [-0.2, -0.15) is 0 Å². The molecular weight excluding hydrogens is 376 g/mol. The maximum Gasteiger partial charge on any atom is 0.270 e. The van der Waals surface area contributed by atoms with Crippen molar-refractivity contribution >= 4 is 29.1 Å². The van der Waals surface area contributed by atoms with Gasteiger partial charge in [0.05, 0.1) is 5.69 Å². The van der Waals surface area contributed by atoms with Gasteiger partial charge < -0.3 is 10.6 Å². The standard InChI is InChI=1S/C21H23ClN4O2/c1-14-7-6-12-26-19(15(2)25-20(14)26)21(28)23-11-5-10-18(27)24-13-16-8-3-4-9-17(16)22/h3-4,6-9,12H,5,10-11,13H2,1-2H3,(H,23,28)(H,24,27). The van der Waals surface area contributed by atoms with E-state index in [1.165, 1.54) is 0 Å². The van der Waals surface area contributed by atoms with E-state index in [1.807, 2.05) is 50.4 Å². The van der Waals surface area contributed by atoms with Crippen molar-refractivity contribution in [3.8, 4) is 0 Å². The van der Waals surface area contributed by atoms with Gasteiger partial charge in [-0.25, -0.2) is 4.98 Å². The van der Waals surface area contributed by atoms with Gasteiger partial charge in [-0.3, -0.25) is 14.0 Å². The van der Waals surface area contributed by atoms with Crippen molar-refractivity contribution in [2.24, 2.45) is 0 Å². The highest BCUT2D eigenvalue weighted by atomic mass is 35.5. The minimum absolute atomic E-state index is 0.0734. The van der Waals surface area contributed by atoms with Crippen LogP contribution in [0.25, 0.3) is 5.65 Å². The highest BCUT2D eigenvalue weighted by molar-refractivity contribution is 6.31. The van der Waals surface area contributed by atoms with Gasteiger partial charge in [-0.05, 0) is 43.5 Å². The third kappa shape index (κ3) is 4.51. The summed E-state index contributed by atoms with van der Waals surface area (Å²) in [5.74, 6) is -0.261. The van der Waals surface area contributed by atoms with Crippen LogP contribution in [0.5, 0.6) is 0 Å². The Morgan fingerprint density at radius 2 is 1.89 bits per heavy atom. The highest BCUT2D eigenvalue weighted by Gasteiger charge is 2.17. The largest absolute Gasteiger partial charge is 0.352 e. The molecule has 2 heterocycles. The molecule has 2 amide bonds. The van der Waals surface area contributed by atoms with Crippen LogP contribution in [-0.4, -0.2) is 27.7 Å². The number of fused-ring (bicyclic) bond motifs is 1. The molecule has 0 spiro atoms. The molecule has 28 heavy (non-hydrogen) atoms. The van der Waals surface area contributed by atoms with Crippen LogP contribution in [0, 0.1) is 13.8 Å². The first kappa shape index (κ1) is 19.9. The summed E-state index contributed by atoms with van der Waals surface area (Å²) in [7, 11) is 0. The summed E-state index contributed by atoms with van der Waals surface area (Å²) in [5, 5.41) is 6.35. The molecule has 146 valence electrons. The smallest absolute Gasteiger partial charge is 0.270 e. The average molecular weight is 399 g/mol. The lowest BCUT2D eigenvalue weighted by Crippen LogP contribution is -2.28. The van der Waals surface area contributed by atoms with E-state index in [0.717, 1.165) is 16.8 Å². The van der Waals surface area contributed by atoms with Crippen LogP contribution >= 0.6 is 11.6 Å². The molecule has 0 aliphatic heterocycles. The number of carbonyl (C=O) groups excluding carboxylic acids is 2. The van der Waals surface area contributed by atoms with Crippen LogP contribution < -0.4 is 10.6 Å². The number of rotatable bonds is 7. The quantitative estimate of drug-likeness (QED) is 0.598. The van der Waals surface area contributed by atoms with E-state index in [2.05, 4.69) is 15.6 Å². The van der Waals surface area contributed by atoms with Gasteiger partial charge in [-0.15, -0.1) is 0 Å². The number of imidazole rings is 1. The lowest BCUT2D eigenvalue weighted by Gasteiger charge is -2.08. The molecule has 2 aromatic heterocycles. The Morgan fingerprint density at radius 3 is 2.68 bits per heavy atom. The van der Waals surface area contributed by atoms with Crippen LogP contribution in [0.4, 0.5) is 0 Å². The van der Waals surface area contributed by atoms with Gasteiger partial charge >= 0.3 is 0 Å². The molecule has 0 radical (unpaired) electrons. The lowest BCUT2D eigenvalue weighted by atomic mass is 10.2. The van der Waals surface area contributed by atoms with E-state index in [-0.39, 0.29) is 11.8 Å². The Morgan fingerprint density at radius 1 is 1.11 bits per heavy atom. The number of benzene rings is 1. The number of hydrogen-bond donors (Lipinski definition) is 2. The van der Waals surface area contributed by atoms with Crippen LogP contribution in [0.3, 0.4) is 0 Å². The van der Waals surface area contributed by atoms with E-state index >= 15 is 0 Å². The summed E-state index contributed by atoms with van der Waals surface area (Å²) in [5.41, 5.74) is 3.89. The Kier molecular flexibility index (Phi) is 6.31. The van der Waals surface area contributed by atoms with Crippen molar-refractivity contribution in [1.82, 2.24) is 20.0 Å². The maximum atomic E-state index is 12.6. The van der Waals surface area contributed by atoms with Gasteiger partial charge in [0.1, 0.15) is 11.3 Å². The Hall–Kier alpha value is -2.86. The minimum atomic E-state index is -0.188. The molecule has 7 heteroatoms. The Bertz CT molecular complexity index is 1010. The predicted molar refractivity (Wildman–Crippen MR) is 110 cm³/mol. The van der Waals surface area contributed by atoms with Crippen molar-refractivity contribution < 1.29 is 9.59 Å². The second-order valence-corrected chi connectivity index (χ2v) is 7.07. The fourth-order valence-corrected chi connectivity index (χ4v) is 3.25. The van der Waals surface area contributed by atoms with Crippen molar-refractivity contribution in [1.29, 1.82) is 0 Å². The van der Waals surface area contributed by atoms with Gasteiger partial charge in [0, 0.05) is 30.7 Å². The third-order valence-electron chi connectivity index (χ3n) is 4.53. The van der Waals surface area contributed by atoms with Crippen molar-refractivity contribution in [3.63, 3.8) is 0 Å². The second-order valence-electron chi connectivity index (χ2n) is 6.66. The molecule has 3 aromatic rings. The number of halogens is 1. The fraction of sp³-hybridized carbons (Fsp3) is 0.286. The molecule has 1 aromatic carbocycles. The molecular formula is C21H23ClN4O2. The zero-order valence-corrected chi connectivity index (χ0v) is 16.7. The number of aryl methyl sites for hydroxylation is 2. The molecule has 0 saturated heterocycles. The SMILES string of the molecule is Cc1nc2c(C)cccn2c1C(=O)NCCCC(=O)NCc1ccccc1Cl. The summed E-state index contributed by atoms with van der Waals surface area (Å²) in [6.07, 6.45) is 2.71. The molecule has 3 rings (SSSR count).